The normalized spacial score (nSPS) is 20.2. The van der Waals surface area contributed by atoms with Crippen LogP contribution in [0.4, 0.5) is 26.3 Å². The number of nitrogens with zero attached hydrogens (tertiary/aromatic N) is 2. The third-order valence-corrected chi connectivity index (χ3v) is 7.68. The van der Waals surface area contributed by atoms with E-state index in [1.807, 2.05) is 19.9 Å². The molecule has 0 amide bonds. The molecule has 0 unspecified atom stereocenters. The topological polar surface area (TPSA) is 25.4 Å². The van der Waals surface area contributed by atoms with Crippen LogP contribution < -0.4 is 0 Å². The summed E-state index contributed by atoms with van der Waals surface area (Å²) in [5.74, 6) is 0. The van der Waals surface area contributed by atoms with Gasteiger partial charge in [0.25, 0.3) is 5.60 Å². The van der Waals surface area contributed by atoms with Gasteiger partial charge in [0.1, 0.15) is 0 Å². The van der Waals surface area contributed by atoms with Crippen molar-refractivity contribution in [1.82, 2.24) is 9.88 Å². The quantitative estimate of drug-likeness (QED) is 0.348. The highest BCUT2D eigenvalue weighted by atomic mass is 19.4. The lowest BCUT2D eigenvalue weighted by Crippen LogP contribution is -2.69. The van der Waals surface area contributed by atoms with Gasteiger partial charge in [-0.2, -0.15) is 26.3 Å². The first-order valence-electron chi connectivity index (χ1n) is 12.1. The van der Waals surface area contributed by atoms with Crippen molar-refractivity contribution < 1.29 is 31.1 Å². The zero-order valence-electron chi connectivity index (χ0n) is 21.4. The molecule has 1 fully saturated rings. The van der Waals surface area contributed by atoms with E-state index in [-0.39, 0.29) is 25.8 Å². The number of alkyl halides is 6. The van der Waals surface area contributed by atoms with Crippen molar-refractivity contribution in [2.24, 2.45) is 5.41 Å². The number of halogens is 6. The van der Waals surface area contributed by atoms with Crippen LogP contribution in [0, 0.1) is 19.3 Å². The second-order valence-electron chi connectivity index (χ2n) is 10.3. The highest BCUT2D eigenvalue weighted by Gasteiger charge is 2.81. The molecular weight excluding hydrogens is 482 g/mol. The van der Waals surface area contributed by atoms with Gasteiger partial charge in [0.05, 0.1) is 0 Å². The van der Waals surface area contributed by atoms with Gasteiger partial charge in [-0.05, 0) is 77.6 Å². The predicted molar refractivity (Wildman–Crippen MR) is 127 cm³/mol. The molecule has 0 radical (unpaired) electrons. The van der Waals surface area contributed by atoms with Crippen LogP contribution in [0.3, 0.4) is 0 Å². The number of aromatic nitrogens is 1. The van der Waals surface area contributed by atoms with Gasteiger partial charge in [-0.15, -0.1) is 0 Å². The number of likely N-dealkylation sites (tertiary alicyclic amines) is 1. The van der Waals surface area contributed by atoms with Crippen LogP contribution in [0.5, 0.6) is 0 Å². The molecule has 36 heavy (non-hydrogen) atoms. The van der Waals surface area contributed by atoms with E-state index < -0.39 is 42.1 Å². The molecule has 1 aromatic heterocycles. The number of rotatable bonds is 8. The molecule has 2 heterocycles. The molecule has 1 aliphatic heterocycles. The summed E-state index contributed by atoms with van der Waals surface area (Å²) in [4.78, 5) is 5.99. The number of hydrogen-bond donors (Lipinski definition) is 0. The van der Waals surface area contributed by atoms with Crippen LogP contribution in [0.1, 0.15) is 56.0 Å². The van der Waals surface area contributed by atoms with Crippen molar-refractivity contribution in [1.29, 1.82) is 0 Å². The first-order chi connectivity index (χ1) is 16.6. The summed E-state index contributed by atoms with van der Waals surface area (Å²) in [6, 6.07) is 10.7. The van der Waals surface area contributed by atoms with E-state index in [1.54, 1.807) is 55.3 Å². The minimum Gasteiger partial charge on any atom is -0.358 e. The number of pyridine rings is 1. The highest BCUT2D eigenvalue weighted by molar-refractivity contribution is 5.25. The molecular formula is C27H34F6N2O. The maximum Gasteiger partial charge on any atom is 0.427 e. The van der Waals surface area contributed by atoms with Gasteiger partial charge in [0.2, 0.25) is 0 Å². The van der Waals surface area contributed by atoms with E-state index >= 15 is 0 Å². The van der Waals surface area contributed by atoms with Crippen LogP contribution in [-0.4, -0.2) is 47.5 Å². The maximum atomic E-state index is 14.7. The Morgan fingerprint density at radius 2 is 1.56 bits per heavy atom. The molecule has 9 heteroatoms. The zero-order valence-corrected chi connectivity index (χ0v) is 21.4. The molecule has 1 atom stereocenters. The molecule has 1 aromatic carbocycles. The number of aryl methyl sites for hydroxylation is 3. The van der Waals surface area contributed by atoms with Gasteiger partial charge in [0, 0.05) is 36.0 Å². The van der Waals surface area contributed by atoms with Gasteiger partial charge in [-0.25, -0.2) is 0 Å². The van der Waals surface area contributed by atoms with Crippen molar-refractivity contribution in [2.45, 2.75) is 77.4 Å². The molecule has 0 bridgehead atoms. The summed E-state index contributed by atoms with van der Waals surface area (Å²) in [5.41, 5.74) is -4.21. The number of hydrogen-bond acceptors (Lipinski definition) is 3. The molecule has 1 saturated heterocycles. The molecule has 3 nitrogen and oxygen atoms in total. The summed E-state index contributed by atoms with van der Waals surface area (Å²) < 4.78 is 92.8. The Bertz CT molecular complexity index is 1000. The Hall–Kier alpha value is -2.13. The van der Waals surface area contributed by atoms with E-state index in [2.05, 4.69) is 4.98 Å². The van der Waals surface area contributed by atoms with Crippen LogP contribution in [-0.2, 0) is 16.7 Å². The number of ether oxygens (including phenoxy) is 1. The zero-order chi connectivity index (χ0) is 27.0. The second-order valence-corrected chi connectivity index (χ2v) is 10.3. The maximum absolute atomic E-state index is 14.7. The summed E-state index contributed by atoms with van der Waals surface area (Å²) in [5, 5.41) is 0. The molecule has 0 saturated carbocycles. The van der Waals surface area contributed by atoms with Crippen LogP contribution in [0.15, 0.2) is 42.6 Å². The SMILES string of the molecule is CCOC(C(F)(F)F)(C(F)(F)F)[C@]1(CCc2ccc(C)cc2)CCN(C(C)(C)c2ccc(C)nc2)C1. The first kappa shape index (κ1) is 28.4. The van der Waals surface area contributed by atoms with Crippen molar-refractivity contribution >= 4 is 0 Å². The summed E-state index contributed by atoms with van der Waals surface area (Å²) in [6.45, 7) is 7.40. The van der Waals surface area contributed by atoms with E-state index in [0.717, 1.165) is 16.8 Å². The van der Waals surface area contributed by atoms with Crippen LogP contribution in [0.2, 0.25) is 0 Å². The molecule has 0 N–H and O–H groups in total. The fraction of sp³-hybridized carbons (Fsp3) is 0.593. The van der Waals surface area contributed by atoms with Gasteiger partial charge in [0.15, 0.2) is 0 Å². The second kappa shape index (κ2) is 9.97. The Balaban J connectivity index is 2.10. The molecule has 200 valence electrons. The standard InChI is InChI=1S/C27H34F6N2O/c1-6-36-25(26(28,29)30,27(31,32)33)24(14-13-21-10-7-19(2)8-11-21)15-16-35(18-24)23(4,5)22-12-9-20(3)34-17-22/h7-12,17H,6,13-16,18H2,1-5H3/t24-/m1/s1. The van der Waals surface area contributed by atoms with Gasteiger partial charge < -0.3 is 4.74 Å². The molecule has 0 aliphatic carbocycles. The highest BCUT2D eigenvalue weighted by Crippen LogP contribution is 2.61. The minimum absolute atomic E-state index is 0.0652. The Labute approximate surface area is 208 Å². The lowest BCUT2D eigenvalue weighted by molar-refractivity contribution is -0.415. The Kier molecular flexibility index (Phi) is 7.88. The van der Waals surface area contributed by atoms with Crippen molar-refractivity contribution in [2.75, 3.05) is 19.7 Å². The molecule has 0 spiro atoms. The third kappa shape index (κ3) is 5.01. The minimum atomic E-state index is -5.65. The van der Waals surface area contributed by atoms with Gasteiger partial charge >= 0.3 is 12.4 Å². The molecule has 1 aliphatic rings. The third-order valence-electron chi connectivity index (χ3n) is 7.68. The van der Waals surface area contributed by atoms with Crippen molar-refractivity contribution in [3.63, 3.8) is 0 Å². The van der Waals surface area contributed by atoms with Crippen molar-refractivity contribution in [3.8, 4) is 0 Å². The monoisotopic (exact) mass is 516 g/mol. The first-order valence-corrected chi connectivity index (χ1v) is 12.1. The smallest absolute Gasteiger partial charge is 0.358 e. The van der Waals surface area contributed by atoms with Crippen molar-refractivity contribution in [3.05, 3.63) is 65.0 Å². The van der Waals surface area contributed by atoms with E-state index in [9.17, 15) is 26.3 Å². The molecule has 3 rings (SSSR count). The van der Waals surface area contributed by atoms with Gasteiger partial charge in [-0.1, -0.05) is 35.9 Å². The fourth-order valence-electron chi connectivity index (χ4n) is 5.46. The lowest BCUT2D eigenvalue weighted by Gasteiger charge is -2.50. The number of benzene rings is 1. The van der Waals surface area contributed by atoms with Gasteiger partial charge in [-0.3, -0.25) is 9.88 Å². The largest absolute Gasteiger partial charge is 0.427 e. The summed E-state index contributed by atoms with van der Waals surface area (Å²) in [7, 11) is 0. The Morgan fingerprint density at radius 3 is 2.06 bits per heavy atom. The van der Waals surface area contributed by atoms with Crippen LogP contribution in [0.25, 0.3) is 0 Å². The summed E-state index contributed by atoms with van der Waals surface area (Å²) in [6.07, 6.45) is -10.2. The molecule has 2 aromatic rings. The predicted octanol–water partition coefficient (Wildman–Crippen LogP) is 7.16. The van der Waals surface area contributed by atoms with E-state index in [1.165, 1.54) is 6.92 Å². The van der Waals surface area contributed by atoms with Crippen LogP contribution >= 0.6 is 0 Å². The Morgan fingerprint density at radius 1 is 0.944 bits per heavy atom. The van der Waals surface area contributed by atoms with E-state index in [4.69, 9.17) is 4.74 Å². The fourth-order valence-corrected chi connectivity index (χ4v) is 5.46. The van der Waals surface area contributed by atoms with E-state index in [0.29, 0.717) is 5.56 Å². The lowest BCUT2D eigenvalue weighted by atomic mass is 9.66. The average molecular weight is 517 g/mol. The average Bonchev–Trinajstić information content (AvgIpc) is 3.22. The summed E-state index contributed by atoms with van der Waals surface area (Å²) >= 11 is 0.